The topological polar surface area (TPSA) is 47.6 Å². The van der Waals surface area contributed by atoms with Crippen LogP contribution in [-0.4, -0.2) is 26.7 Å². The van der Waals surface area contributed by atoms with E-state index in [9.17, 15) is 4.79 Å². The predicted octanol–water partition coefficient (Wildman–Crippen LogP) is 3.30. The van der Waals surface area contributed by atoms with Gasteiger partial charge in [0.25, 0.3) is 0 Å². The van der Waals surface area contributed by atoms with Gasteiger partial charge in [-0.05, 0) is 49.1 Å². The third-order valence-electron chi connectivity index (χ3n) is 3.95. The molecule has 128 valence electrons. The van der Waals surface area contributed by atoms with Gasteiger partial charge in [-0.1, -0.05) is 29.8 Å². The van der Waals surface area contributed by atoms with Crippen molar-refractivity contribution in [3.8, 4) is 11.5 Å². The molecule has 2 aromatic carbocycles. The molecule has 0 heterocycles. The van der Waals surface area contributed by atoms with Crippen LogP contribution in [-0.2, 0) is 17.6 Å². The zero-order valence-electron chi connectivity index (χ0n) is 14.6. The Morgan fingerprint density at radius 3 is 2.42 bits per heavy atom. The van der Waals surface area contributed by atoms with Crippen LogP contribution in [0.4, 0.5) is 0 Å². The van der Waals surface area contributed by atoms with Crippen molar-refractivity contribution in [2.45, 2.75) is 26.2 Å². The molecule has 0 aromatic heterocycles. The van der Waals surface area contributed by atoms with E-state index >= 15 is 0 Å². The van der Waals surface area contributed by atoms with Gasteiger partial charge in [-0.2, -0.15) is 0 Å². The number of hydrogen-bond acceptors (Lipinski definition) is 3. The van der Waals surface area contributed by atoms with Gasteiger partial charge in [-0.15, -0.1) is 0 Å². The number of ether oxygens (including phenoxy) is 2. The first-order valence-electron chi connectivity index (χ1n) is 8.15. The molecule has 0 aliphatic rings. The number of hydrogen-bond donors (Lipinski definition) is 1. The standard InChI is InChI=1S/C20H25NO3/c1-15-4-10-19(24-3)17(14-15)12-13-21-20(22)11-7-16-5-8-18(23-2)9-6-16/h4-6,8-10,14H,7,11-13H2,1-3H3,(H,21,22). The SMILES string of the molecule is COc1ccc(CCC(=O)NCCc2cc(C)ccc2OC)cc1. The summed E-state index contributed by atoms with van der Waals surface area (Å²) in [5.74, 6) is 1.76. The molecule has 2 aromatic rings. The molecular weight excluding hydrogens is 302 g/mol. The summed E-state index contributed by atoms with van der Waals surface area (Å²) in [4.78, 5) is 12.0. The normalized spacial score (nSPS) is 10.3. The Labute approximate surface area is 143 Å². The number of amides is 1. The fourth-order valence-electron chi connectivity index (χ4n) is 2.58. The third-order valence-corrected chi connectivity index (χ3v) is 3.95. The molecule has 0 atom stereocenters. The van der Waals surface area contributed by atoms with Crippen molar-refractivity contribution < 1.29 is 14.3 Å². The average Bonchev–Trinajstić information content (AvgIpc) is 2.60. The summed E-state index contributed by atoms with van der Waals surface area (Å²) in [6, 6.07) is 13.9. The van der Waals surface area contributed by atoms with Crippen LogP contribution in [0.5, 0.6) is 11.5 Å². The molecule has 0 bridgehead atoms. The second kappa shape index (κ2) is 8.96. The van der Waals surface area contributed by atoms with E-state index in [0.29, 0.717) is 13.0 Å². The van der Waals surface area contributed by atoms with Crippen molar-refractivity contribution in [1.82, 2.24) is 5.32 Å². The van der Waals surface area contributed by atoms with Crippen molar-refractivity contribution in [2.75, 3.05) is 20.8 Å². The van der Waals surface area contributed by atoms with Crippen molar-refractivity contribution in [1.29, 1.82) is 0 Å². The monoisotopic (exact) mass is 327 g/mol. The predicted molar refractivity (Wildman–Crippen MR) is 95.8 cm³/mol. The zero-order chi connectivity index (χ0) is 17.4. The Bertz CT molecular complexity index is 665. The molecule has 0 fully saturated rings. The van der Waals surface area contributed by atoms with Crippen LogP contribution in [0.2, 0.25) is 0 Å². The first kappa shape index (κ1) is 17.9. The Kier molecular flexibility index (Phi) is 6.67. The second-order valence-corrected chi connectivity index (χ2v) is 5.76. The Morgan fingerprint density at radius 2 is 1.75 bits per heavy atom. The van der Waals surface area contributed by atoms with Crippen LogP contribution in [0.25, 0.3) is 0 Å². The van der Waals surface area contributed by atoms with E-state index in [0.717, 1.165) is 35.5 Å². The summed E-state index contributed by atoms with van der Waals surface area (Å²) in [7, 11) is 3.31. The van der Waals surface area contributed by atoms with Gasteiger partial charge in [0.15, 0.2) is 0 Å². The fraction of sp³-hybridized carbons (Fsp3) is 0.350. The van der Waals surface area contributed by atoms with E-state index in [-0.39, 0.29) is 5.91 Å². The van der Waals surface area contributed by atoms with Crippen molar-refractivity contribution in [2.24, 2.45) is 0 Å². The lowest BCUT2D eigenvalue weighted by molar-refractivity contribution is -0.121. The highest BCUT2D eigenvalue weighted by molar-refractivity contribution is 5.76. The molecule has 0 aliphatic carbocycles. The highest BCUT2D eigenvalue weighted by Gasteiger charge is 2.06. The molecule has 0 unspecified atom stereocenters. The number of benzene rings is 2. The third kappa shape index (κ3) is 5.30. The molecule has 1 N–H and O–H groups in total. The van der Waals surface area contributed by atoms with Crippen LogP contribution in [0.15, 0.2) is 42.5 Å². The van der Waals surface area contributed by atoms with Crippen LogP contribution in [0, 0.1) is 6.92 Å². The molecule has 2 rings (SSSR count). The fourth-order valence-corrected chi connectivity index (χ4v) is 2.58. The van der Waals surface area contributed by atoms with Gasteiger partial charge in [0, 0.05) is 13.0 Å². The van der Waals surface area contributed by atoms with E-state index in [1.54, 1.807) is 14.2 Å². The van der Waals surface area contributed by atoms with Crippen LogP contribution >= 0.6 is 0 Å². The van der Waals surface area contributed by atoms with E-state index in [2.05, 4.69) is 18.3 Å². The van der Waals surface area contributed by atoms with Gasteiger partial charge in [0.05, 0.1) is 14.2 Å². The Morgan fingerprint density at radius 1 is 1.00 bits per heavy atom. The van der Waals surface area contributed by atoms with Crippen LogP contribution < -0.4 is 14.8 Å². The highest BCUT2D eigenvalue weighted by Crippen LogP contribution is 2.19. The largest absolute Gasteiger partial charge is 0.497 e. The quantitative estimate of drug-likeness (QED) is 0.809. The minimum atomic E-state index is 0.0671. The number of carbonyl (C=O) groups excluding carboxylic acids is 1. The maximum absolute atomic E-state index is 12.0. The van der Waals surface area contributed by atoms with E-state index in [1.807, 2.05) is 36.4 Å². The summed E-state index contributed by atoms with van der Waals surface area (Å²) in [6.07, 6.45) is 1.97. The number of carbonyl (C=O) groups is 1. The first-order chi connectivity index (χ1) is 11.6. The number of rotatable bonds is 8. The van der Waals surface area contributed by atoms with Gasteiger partial charge < -0.3 is 14.8 Å². The molecule has 0 radical (unpaired) electrons. The molecule has 0 saturated heterocycles. The second-order valence-electron chi connectivity index (χ2n) is 5.76. The molecule has 4 heteroatoms. The zero-order valence-corrected chi connectivity index (χ0v) is 14.6. The average molecular weight is 327 g/mol. The van der Waals surface area contributed by atoms with Crippen LogP contribution in [0.1, 0.15) is 23.1 Å². The maximum Gasteiger partial charge on any atom is 0.220 e. The molecule has 1 amide bonds. The van der Waals surface area contributed by atoms with Crippen molar-refractivity contribution in [3.63, 3.8) is 0 Å². The molecule has 4 nitrogen and oxygen atoms in total. The lowest BCUT2D eigenvalue weighted by Crippen LogP contribution is -2.26. The molecule has 0 saturated carbocycles. The van der Waals surface area contributed by atoms with Crippen LogP contribution in [0.3, 0.4) is 0 Å². The molecule has 24 heavy (non-hydrogen) atoms. The summed E-state index contributed by atoms with van der Waals surface area (Å²) in [6.45, 7) is 2.66. The van der Waals surface area contributed by atoms with Crippen molar-refractivity contribution in [3.05, 3.63) is 59.2 Å². The minimum absolute atomic E-state index is 0.0671. The van der Waals surface area contributed by atoms with Gasteiger partial charge in [0.2, 0.25) is 5.91 Å². The molecular formula is C20H25NO3. The number of aryl methyl sites for hydroxylation is 2. The summed E-state index contributed by atoms with van der Waals surface area (Å²) >= 11 is 0. The maximum atomic E-state index is 12.0. The Balaban J connectivity index is 1.76. The van der Waals surface area contributed by atoms with Gasteiger partial charge in [0.1, 0.15) is 11.5 Å². The summed E-state index contributed by atoms with van der Waals surface area (Å²) in [5.41, 5.74) is 3.44. The minimum Gasteiger partial charge on any atom is -0.497 e. The number of methoxy groups -OCH3 is 2. The molecule has 0 spiro atoms. The van der Waals surface area contributed by atoms with Crippen molar-refractivity contribution >= 4 is 5.91 Å². The lowest BCUT2D eigenvalue weighted by Gasteiger charge is -2.10. The van der Waals surface area contributed by atoms with Gasteiger partial charge >= 0.3 is 0 Å². The summed E-state index contributed by atoms with van der Waals surface area (Å²) < 4.78 is 10.5. The summed E-state index contributed by atoms with van der Waals surface area (Å²) in [5, 5.41) is 2.98. The van der Waals surface area contributed by atoms with E-state index in [1.165, 1.54) is 5.56 Å². The van der Waals surface area contributed by atoms with Gasteiger partial charge in [-0.25, -0.2) is 0 Å². The van der Waals surface area contributed by atoms with E-state index in [4.69, 9.17) is 9.47 Å². The first-order valence-corrected chi connectivity index (χ1v) is 8.15. The highest BCUT2D eigenvalue weighted by atomic mass is 16.5. The van der Waals surface area contributed by atoms with Gasteiger partial charge in [-0.3, -0.25) is 4.79 Å². The number of nitrogens with one attached hydrogen (secondary N) is 1. The van der Waals surface area contributed by atoms with E-state index < -0.39 is 0 Å². The smallest absolute Gasteiger partial charge is 0.220 e. The lowest BCUT2D eigenvalue weighted by atomic mass is 10.1. The Hall–Kier alpha value is -2.49. The molecule has 0 aliphatic heterocycles.